The Bertz CT molecular complexity index is 762. The molecule has 3 heteroatoms. The number of nitriles is 1. The molecule has 0 saturated carbocycles. The predicted octanol–water partition coefficient (Wildman–Crippen LogP) is 4.81. The summed E-state index contributed by atoms with van der Waals surface area (Å²) in [5.41, 5.74) is 2.53. The van der Waals surface area contributed by atoms with Gasteiger partial charge in [-0.25, -0.2) is 0 Å². The van der Waals surface area contributed by atoms with Crippen LogP contribution in [0.5, 0.6) is 0 Å². The molecule has 0 bridgehead atoms. The molecule has 0 saturated heterocycles. The van der Waals surface area contributed by atoms with Crippen molar-refractivity contribution in [1.29, 1.82) is 5.26 Å². The normalized spacial score (nSPS) is 14.8. The highest BCUT2D eigenvalue weighted by Gasteiger charge is 2.23. The molecule has 2 aromatic carbocycles. The van der Waals surface area contributed by atoms with Gasteiger partial charge in [-0.1, -0.05) is 66.7 Å². The van der Waals surface area contributed by atoms with E-state index in [1.807, 2.05) is 79.6 Å². The van der Waals surface area contributed by atoms with Gasteiger partial charge in [0.15, 0.2) is 0 Å². The zero-order valence-corrected chi connectivity index (χ0v) is 15.4. The molecule has 26 heavy (non-hydrogen) atoms. The Morgan fingerprint density at radius 1 is 1.12 bits per heavy atom. The van der Waals surface area contributed by atoms with E-state index in [-0.39, 0.29) is 12.0 Å². The molecule has 2 aromatic rings. The van der Waals surface area contributed by atoms with Gasteiger partial charge in [-0.05, 0) is 30.5 Å². The van der Waals surface area contributed by atoms with E-state index in [1.54, 1.807) is 0 Å². The summed E-state index contributed by atoms with van der Waals surface area (Å²) in [5, 5.41) is 20.4. The minimum atomic E-state index is -0.674. The lowest BCUT2D eigenvalue weighted by Gasteiger charge is -2.31. The van der Waals surface area contributed by atoms with Gasteiger partial charge in [0.2, 0.25) is 0 Å². The summed E-state index contributed by atoms with van der Waals surface area (Å²) in [6.45, 7) is 5.77. The van der Waals surface area contributed by atoms with Crippen LogP contribution in [0.25, 0.3) is 0 Å². The molecular weight excluding hydrogens is 320 g/mol. The van der Waals surface area contributed by atoms with Crippen LogP contribution in [0.15, 0.2) is 85.1 Å². The second-order valence-electron chi connectivity index (χ2n) is 6.41. The monoisotopic (exact) mass is 346 g/mol. The SMILES string of the molecule is C=CC[C@@H](/C=C(/C#N)N(C)[C@@H](C)[C@H](O)c1ccccc1)c1ccccc1. The highest BCUT2D eigenvalue weighted by atomic mass is 16.3. The fourth-order valence-corrected chi connectivity index (χ4v) is 2.96. The lowest BCUT2D eigenvalue weighted by molar-refractivity contribution is 0.0911. The van der Waals surface area contributed by atoms with Gasteiger partial charge in [-0.15, -0.1) is 6.58 Å². The molecule has 3 atom stereocenters. The van der Waals surface area contributed by atoms with Gasteiger partial charge in [0.05, 0.1) is 12.1 Å². The fourth-order valence-electron chi connectivity index (χ4n) is 2.96. The highest BCUT2D eigenvalue weighted by molar-refractivity contribution is 5.31. The van der Waals surface area contributed by atoms with Gasteiger partial charge >= 0.3 is 0 Å². The van der Waals surface area contributed by atoms with Crippen molar-refractivity contribution in [2.24, 2.45) is 0 Å². The maximum atomic E-state index is 10.7. The van der Waals surface area contributed by atoms with E-state index in [9.17, 15) is 10.4 Å². The van der Waals surface area contributed by atoms with Crippen LogP contribution < -0.4 is 0 Å². The molecule has 0 unspecified atom stereocenters. The van der Waals surface area contributed by atoms with Gasteiger partial charge in [0.1, 0.15) is 11.8 Å². The second kappa shape index (κ2) is 9.60. The number of rotatable bonds is 8. The molecule has 134 valence electrons. The number of allylic oxidation sites excluding steroid dienone is 3. The number of likely N-dealkylation sites (N-methyl/N-ethyl adjacent to an activating group) is 1. The van der Waals surface area contributed by atoms with Crippen molar-refractivity contribution in [1.82, 2.24) is 4.90 Å². The lowest BCUT2D eigenvalue weighted by atomic mass is 9.94. The molecule has 2 rings (SSSR count). The third-order valence-corrected chi connectivity index (χ3v) is 4.71. The van der Waals surface area contributed by atoms with Crippen molar-refractivity contribution in [3.8, 4) is 6.07 Å². The van der Waals surface area contributed by atoms with Crippen molar-refractivity contribution < 1.29 is 5.11 Å². The summed E-state index contributed by atoms with van der Waals surface area (Å²) in [4.78, 5) is 1.84. The fraction of sp³-hybridized carbons (Fsp3) is 0.261. The quantitative estimate of drug-likeness (QED) is 0.551. The first-order valence-corrected chi connectivity index (χ1v) is 8.82. The molecule has 0 aliphatic heterocycles. The first-order valence-electron chi connectivity index (χ1n) is 8.82. The molecule has 0 heterocycles. The van der Waals surface area contributed by atoms with Gasteiger partial charge < -0.3 is 10.0 Å². The number of aliphatic hydroxyl groups is 1. The molecule has 0 aliphatic rings. The maximum absolute atomic E-state index is 10.7. The number of hydrogen-bond acceptors (Lipinski definition) is 3. The number of nitrogens with zero attached hydrogens (tertiary/aromatic N) is 2. The van der Waals surface area contributed by atoms with Gasteiger partial charge in [-0.2, -0.15) is 5.26 Å². The van der Waals surface area contributed by atoms with Crippen molar-refractivity contribution in [2.45, 2.75) is 31.4 Å². The standard InChI is InChI=1S/C23H26N2O/c1-4-11-21(19-12-7-5-8-13-19)16-22(17-24)25(3)18(2)23(26)20-14-9-6-10-15-20/h4-10,12-16,18,21,23,26H,1,11H2,2-3H3/b22-16-/t18-,21-,23-/m0/s1. The molecule has 0 aliphatic carbocycles. The minimum Gasteiger partial charge on any atom is -0.386 e. The van der Waals surface area contributed by atoms with E-state index in [2.05, 4.69) is 24.8 Å². The number of hydrogen-bond donors (Lipinski definition) is 1. The Hall–Kier alpha value is -2.83. The third-order valence-electron chi connectivity index (χ3n) is 4.71. The Kier molecular flexibility index (Phi) is 7.20. The Balaban J connectivity index is 2.25. The van der Waals surface area contributed by atoms with E-state index >= 15 is 0 Å². The van der Waals surface area contributed by atoms with Crippen LogP contribution in [-0.4, -0.2) is 23.1 Å². The Morgan fingerprint density at radius 2 is 1.65 bits per heavy atom. The van der Waals surface area contributed by atoms with Crippen LogP contribution in [0.3, 0.4) is 0 Å². The van der Waals surface area contributed by atoms with E-state index < -0.39 is 6.10 Å². The average Bonchev–Trinajstić information content (AvgIpc) is 2.70. The molecule has 1 N–H and O–H groups in total. The van der Waals surface area contributed by atoms with E-state index in [4.69, 9.17) is 0 Å². The predicted molar refractivity (Wildman–Crippen MR) is 106 cm³/mol. The summed E-state index contributed by atoms with van der Waals surface area (Å²) in [5.74, 6) is 0.0758. The molecule has 0 spiro atoms. The molecule has 3 nitrogen and oxygen atoms in total. The number of aliphatic hydroxyl groups excluding tert-OH is 1. The van der Waals surface area contributed by atoms with Crippen molar-refractivity contribution >= 4 is 0 Å². The zero-order chi connectivity index (χ0) is 18.9. The molecular formula is C23H26N2O. The summed E-state index contributed by atoms with van der Waals surface area (Å²) < 4.78 is 0. The zero-order valence-electron chi connectivity index (χ0n) is 15.4. The van der Waals surface area contributed by atoms with Crippen LogP contribution in [-0.2, 0) is 0 Å². The van der Waals surface area contributed by atoms with Crippen LogP contribution in [0, 0.1) is 11.3 Å². The first-order chi connectivity index (χ1) is 12.6. The second-order valence-corrected chi connectivity index (χ2v) is 6.41. The Morgan fingerprint density at radius 3 is 2.15 bits per heavy atom. The van der Waals surface area contributed by atoms with Crippen LogP contribution in [0.2, 0.25) is 0 Å². The summed E-state index contributed by atoms with van der Waals surface area (Å²) >= 11 is 0. The van der Waals surface area contributed by atoms with Crippen molar-refractivity contribution in [3.63, 3.8) is 0 Å². The summed E-state index contributed by atoms with van der Waals surface area (Å²) in [6, 6.07) is 21.7. The maximum Gasteiger partial charge on any atom is 0.117 e. The largest absolute Gasteiger partial charge is 0.386 e. The van der Waals surface area contributed by atoms with E-state index in [1.165, 1.54) is 0 Å². The van der Waals surface area contributed by atoms with Gasteiger partial charge in [-0.3, -0.25) is 0 Å². The summed E-state index contributed by atoms with van der Waals surface area (Å²) in [6.07, 6.45) is 3.91. The van der Waals surface area contributed by atoms with Crippen molar-refractivity contribution in [3.05, 3.63) is 96.2 Å². The van der Waals surface area contributed by atoms with Gasteiger partial charge in [0.25, 0.3) is 0 Å². The number of benzene rings is 2. The summed E-state index contributed by atoms with van der Waals surface area (Å²) in [7, 11) is 1.85. The topological polar surface area (TPSA) is 47.3 Å². The molecule has 0 radical (unpaired) electrons. The third kappa shape index (κ3) is 4.84. The average molecular weight is 346 g/mol. The van der Waals surface area contributed by atoms with E-state index in [0.29, 0.717) is 5.70 Å². The minimum absolute atomic E-state index is 0.0758. The van der Waals surface area contributed by atoms with Crippen LogP contribution in [0.1, 0.15) is 36.5 Å². The highest BCUT2D eigenvalue weighted by Crippen LogP contribution is 2.27. The smallest absolute Gasteiger partial charge is 0.117 e. The molecule has 0 fully saturated rings. The van der Waals surface area contributed by atoms with Crippen LogP contribution in [0.4, 0.5) is 0 Å². The Labute approximate surface area is 156 Å². The first kappa shape index (κ1) is 19.5. The van der Waals surface area contributed by atoms with Crippen molar-refractivity contribution in [2.75, 3.05) is 7.05 Å². The van der Waals surface area contributed by atoms with Crippen LogP contribution >= 0.6 is 0 Å². The van der Waals surface area contributed by atoms with E-state index in [0.717, 1.165) is 17.5 Å². The lowest BCUT2D eigenvalue weighted by Crippen LogP contribution is -2.33. The van der Waals surface area contributed by atoms with Gasteiger partial charge in [0, 0.05) is 13.0 Å². The molecule has 0 aromatic heterocycles. The molecule has 0 amide bonds.